The van der Waals surface area contributed by atoms with E-state index < -0.39 is 0 Å². The first kappa shape index (κ1) is 19.3. The number of hydrogen-bond donors (Lipinski definition) is 1. The van der Waals surface area contributed by atoms with Crippen LogP contribution in [0.15, 0.2) is 40.8 Å². The predicted molar refractivity (Wildman–Crippen MR) is 118 cm³/mol. The number of methoxy groups -OCH3 is 1. The van der Waals surface area contributed by atoms with E-state index in [-0.39, 0.29) is 5.91 Å². The number of benzene rings is 2. The van der Waals surface area contributed by atoms with E-state index >= 15 is 0 Å². The maximum atomic E-state index is 12.6. The highest BCUT2D eigenvalue weighted by Crippen LogP contribution is 2.37. The van der Waals surface area contributed by atoms with Crippen LogP contribution in [0.2, 0.25) is 0 Å². The first-order valence-corrected chi connectivity index (χ1v) is 10.1. The number of furan rings is 1. The van der Waals surface area contributed by atoms with Crippen LogP contribution in [0.3, 0.4) is 0 Å². The van der Waals surface area contributed by atoms with E-state index in [1.807, 2.05) is 39.0 Å². The summed E-state index contributed by atoms with van der Waals surface area (Å²) in [5.41, 5.74) is 7.01. The molecule has 1 aromatic heterocycles. The molecule has 1 heterocycles. The Morgan fingerprint density at radius 2 is 1.79 bits per heavy atom. The summed E-state index contributed by atoms with van der Waals surface area (Å²) in [4.78, 5) is 12.6. The van der Waals surface area contributed by atoms with Crippen molar-refractivity contribution in [1.82, 2.24) is 0 Å². The van der Waals surface area contributed by atoms with Crippen molar-refractivity contribution in [3.05, 3.63) is 64.4 Å². The molecule has 29 heavy (non-hydrogen) atoms. The van der Waals surface area contributed by atoms with Gasteiger partial charge in [0.2, 0.25) is 5.91 Å². The van der Waals surface area contributed by atoms with Gasteiger partial charge in [0.1, 0.15) is 17.1 Å². The van der Waals surface area contributed by atoms with Crippen LogP contribution in [0.1, 0.15) is 47.8 Å². The Hall–Kier alpha value is -3.01. The lowest BCUT2D eigenvalue weighted by atomic mass is 9.94. The summed E-state index contributed by atoms with van der Waals surface area (Å²) < 4.78 is 11.7. The Morgan fingerprint density at radius 1 is 1.07 bits per heavy atom. The zero-order valence-electron chi connectivity index (χ0n) is 17.5. The van der Waals surface area contributed by atoms with E-state index in [1.165, 1.54) is 18.4 Å². The van der Waals surface area contributed by atoms with Gasteiger partial charge in [-0.15, -0.1) is 0 Å². The smallest absolute Gasteiger partial charge is 0.248 e. The van der Waals surface area contributed by atoms with Gasteiger partial charge in [0.25, 0.3) is 0 Å². The third kappa shape index (κ3) is 3.93. The lowest BCUT2D eigenvalue weighted by Gasteiger charge is -2.11. The van der Waals surface area contributed by atoms with Crippen LogP contribution in [0, 0.1) is 13.8 Å². The molecule has 0 bridgehead atoms. The molecule has 1 N–H and O–H groups in total. The van der Waals surface area contributed by atoms with Crippen molar-refractivity contribution in [3.8, 4) is 5.75 Å². The highest BCUT2D eigenvalue weighted by molar-refractivity contribution is 6.04. The van der Waals surface area contributed by atoms with E-state index in [4.69, 9.17) is 9.15 Å². The topological polar surface area (TPSA) is 51.5 Å². The van der Waals surface area contributed by atoms with Crippen molar-refractivity contribution >= 4 is 28.1 Å². The Kier molecular flexibility index (Phi) is 5.18. The zero-order valence-corrected chi connectivity index (χ0v) is 17.5. The summed E-state index contributed by atoms with van der Waals surface area (Å²) in [6.07, 6.45) is 6.04. The SMILES string of the molecule is COc1cc2oc3c(c2cc1/C(C)=C/C(=O)Nc1cc(C)cc(C)c1)CCCC3. The molecule has 0 aliphatic heterocycles. The maximum absolute atomic E-state index is 12.6. The molecule has 4 rings (SSSR count). The van der Waals surface area contributed by atoms with Gasteiger partial charge in [0.15, 0.2) is 0 Å². The fourth-order valence-electron chi connectivity index (χ4n) is 4.27. The minimum Gasteiger partial charge on any atom is -0.496 e. The molecule has 0 fully saturated rings. The molecule has 0 unspecified atom stereocenters. The number of amides is 1. The first-order valence-electron chi connectivity index (χ1n) is 10.1. The van der Waals surface area contributed by atoms with Crippen LogP contribution >= 0.6 is 0 Å². The quantitative estimate of drug-likeness (QED) is 0.559. The standard InChI is InChI=1S/C25H27NO3/c1-15-9-16(2)11-18(10-15)26-25(27)12-17(3)20-13-21-19-7-5-6-8-22(19)29-24(21)14-23(20)28-4/h9-14H,5-8H2,1-4H3,(H,26,27)/b17-12+. The van der Waals surface area contributed by atoms with Crippen molar-refractivity contribution in [2.24, 2.45) is 0 Å². The van der Waals surface area contributed by atoms with Gasteiger partial charge in [0.05, 0.1) is 7.11 Å². The van der Waals surface area contributed by atoms with Crippen molar-refractivity contribution in [1.29, 1.82) is 0 Å². The number of hydrogen-bond acceptors (Lipinski definition) is 3. The molecule has 0 saturated carbocycles. The van der Waals surface area contributed by atoms with Gasteiger partial charge in [-0.25, -0.2) is 0 Å². The second-order valence-electron chi connectivity index (χ2n) is 7.95. The normalized spacial score (nSPS) is 14.0. The summed E-state index contributed by atoms with van der Waals surface area (Å²) in [6, 6.07) is 10.1. The summed E-state index contributed by atoms with van der Waals surface area (Å²) in [5.74, 6) is 1.67. The molecule has 3 aromatic rings. The first-order chi connectivity index (χ1) is 13.9. The molecule has 150 valence electrons. The van der Waals surface area contributed by atoms with Crippen LogP contribution < -0.4 is 10.1 Å². The third-order valence-electron chi connectivity index (χ3n) is 5.54. The van der Waals surface area contributed by atoms with Gasteiger partial charge >= 0.3 is 0 Å². The van der Waals surface area contributed by atoms with Crippen LogP contribution in [0.25, 0.3) is 16.5 Å². The molecule has 0 radical (unpaired) electrons. The van der Waals surface area contributed by atoms with Crippen LogP contribution in [-0.2, 0) is 17.6 Å². The van der Waals surface area contributed by atoms with Gasteiger partial charge in [-0.2, -0.15) is 0 Å². The number of ether oxygens (including phenoxy) is 1. The van der Waals surface area contributed by atoms with Crippen molar-refractivity contribution in [3.63, 3.8) is 0 Å². The number of rotatable bonds is 4. The molecule has 1 amide bonds. The van der Waals surface area contributed by atoms with E-state index in [2.05, 4.69) is 17.4 Å². The second kappa shape index (κ2) is 7.78. The lowest BCUT2D eigenvalue weighted by Crippen LogP contribution is -2.09. The number of anilines is 1. The number of allylic oxidation sites excluding steroid dienone is 1. The molecular weight excluding hydrogens is 362 g/mol. The van der Waals surface area contributed by atoms with Crippen molar-refractivity contribution < 1.29 is 13.9 Å². The molecule has 1 aliphatic carbocycles. The van der Waals surface area contributed by atoms with Crippen LogP contribution in [0.4, 0.5) is 5.69 Å². The van der Waals surface area contributed by atoms with E-state index in [0.717, 1.165) is 63.3 Å². The minimum absolute atomic E-state index is 0.149. The highest BCUT2D eigenvalue weighted by atomic mass is 16.5. The molecule has 0 saturated heterocycles. The fourth-order valence-corrected chi connectivity index (χ4v) is 4.27. The zero-order chi connectivity index (χ0) is 20.5. The number of fused-ring (bicyclic) bond motifs is 3. The third-order valence-corrected chi connectivity index (χ3v) is 5.54. The lowest BCUT2D eigenvalue weighted by molar-refractivity contribution is -0.111. The summed E-state index contributed by atoms with van der Waals surface area (Å²) in [6.45, 7) is 5.99. The van der Waals surface area contributed by atoms with Gasteiger partial charge in [-0.1, -0.05) is 6.07 Å². The molecule has 0 spiro atoms. The summed E-state index contributed by atoms with van der Waals surface area (Å²) in [5, 5.41) is 4.11. The average Bonchev–Trinajstić information content (AvgIpc) is 3.03. The summed E-state index contributed by atoms with van der Waals surface area (Å²) in [7, 11) is 1.65. The molecule has 1 aliphatic rings. The van der Waals surface area contributed by atoms with E-state index in [9.17, 15) is 4.79 Å². The van der Waals surface area contributed by atoms with Gasteiger partial charge in [0, 0.05) is 40.8 Å². The van der Waals surface area contributed by atoms with Gasteiger partial charge in [-0.05, 0) is 74.9 Å². The maximum Gasteiger partial charge on any atom is 0.248 e. The number of carbonyl (C=O) groups excluding carboxylic acids is 1. The number of nitrogens with one attached hydrogen (secondary N) is 1. The Morgan fingerprint density at radius 3 is 2.52 bits per heavy atom. The van der Waals surface area contributed by atoms with E-state index in [1.54, 1.807) is 13.2 Å². The number of carbonyl (C=O) groups is 1. The predicted octanol–water partition coefficient (Wildman–Crippen LogP) is 5.98. The van der Waals surface area contributed by atoms with Gasteiger partial charge < -0.3 is 14.5 Å². The van der Waals surface area contributed by atoms with Crippen molar-refractivity contribution in [2.75, 3.05) is 12.4 Å². The van der Waals surface area contributed by atoms with Gasteiger partial charge in [-0.3, -0.25) is 4.79 Å². The van der Waals surface area contributed by atoms with Crippen LogP contribution in [0.5, 0.6) is 5.75 Å². The largest absolute Gasteiger partial charge is 0.496 e. The molecule has 4 heteroatoms. The fraction of sp³-hybridized carbons (Fsp3) is 0.320. The monoisotopic (exact) mass is 389 g/mol. The highest BCUT2D eigenvalue weighted by Gasteiger charge is 2.20. The summed E-state index contributed by atoms with van der Waals surface area (Å²) >= 11 is 0. The molecular formula is C25H27NO3. The Bertz CT molecular complexity index is 1100. The average molecular weight is 389 g/mol. The Labute approximate surface area is 171 Å². The second-order valence-corrected chi connectivity index (χ2v) is 7.95. The molecule has 0 atom stereocenters. The molecule has 4 nitrogen and oxygen atoms in total. The molecule has 2 aromatic carbocycles. The number of aryl methyl sites for hydroxylation is 4. The van der Waals surface area contributed by atoms with Crippen LogP contribution in [-0.4, -0.2) is 13.0 Å². The van der Waals surface area contributed by atoms with E-state index in [0.29, 0.717) is 0 Å². The Balaban J connectivity index is 1.67. The minimum atomic E-state index is -0.149. The van der Waals surface area contributed by atoms with Crippen molar-refractivity contribution in [2.45, 2.75) is 46.5 Å².